The van der Waals surface area contributed by atoms with Crippen molar-refractivity contribution in [1.29, 1.82) is 5.26 Å². The van der Waals surface area contributed by atoms with Crippen molar-refractivity contribution >= 4 is 64.9 Å². The molecule has 1 aromatic carbocycles. The molecular formula is C21H22Cl2N6O2S2. The lowest BCUT2D eigenvalue weighted by molar-refractivity contribution is -0.107. The molecule has 2 amide bonds. The minimum absolute atomic E-state index is 0.0229. The number of benzene rings is 1. The highest BCUT2D eigenvalue weighted by atomic mass is 35.5. The van der Waals surface area contributed by atoms with E-state index in [9.17, 15) is 14.9 Å². The van der Waals surface area contributed by atoms with Crippen LogP contribution in [0.3, 0.4) is 0 Å². The van der Waals surface area contributed by atoms with E-state index in [0.717, 1.165) is 11.8 Å². The SMILES string of the molecule is C#CCC(Sc1nc(C(C)(C)SC)nn1C(=O)N(C)C)N(C=O)c1c(Cl)ccc(C#N)c1Cl. The third-order valence-corrected chi connectivity index (χ3v) is 7.63. The van der Waals surface area contributed by atoms with Crippen molar-refractivity contribution in [2.75, 3.05) is 25.3 Å². The molecular weight excluding hydrogens is 503 g/mol. The summed E-state index contributed by atoms with van der Waals surface area (Å²) >= 11 is 15.3. The van der Waals surface area contributed by atoms with Crippen LogP contribution < -0.4 is 4.90 Å². The van der Waals surface area contributed by atoms with Gasteiger partial charge in [-0.05, 0) is 32.2 Å². The molecule has 2 aromatic rings. The van der Waals surface area contributed by atoms with Gasteiger partial charge in [0.1, 0.15) is 11.4 Å². The van der Waals surface area contributed by atoms with Crippen molar-refractivity contribution in [3.05, 3.63) is 33.6 Å². The lowest BCUT2D eigenvalue weighted by Gasteiger charge is -2.28. The first kappa shape index (κ1) is 26.9. The van der Waals surface area contributed by atoms with Crippen molar-refractivity contribution in [3.8, 4) is 18.4 Å². The average molecular weight is 525 g/mol. The van der Waals surface area contributed by atoms with Gasteiger partial charge < -0.3 is 4.90 Å². The molecule has 8 nitrogen and oxygen atoms in total. The third kappa shape index (κ3) is 5.77. The van der Waals surface area contributed by atoms with Gasteiger partial charge in [-0.25, -0.2) is 9.78 Å². The normalized spacial score (nSPS) is 11.9. The first-order chi connectivity index (χ1) is 15.5. The van der Waals surface area contributed by atoms with E-state index in [4.69, 9.17) is 29.6 Å². The first-order valence-corrected chi connectivity index (χ1v) is 12.3. The molecule has 0 N–H and O–H groups in total. The van der Waals surface area contributed by atoms with Gasteiger partial charge in [0.15, 0.2) is 11.0 Å². The number of carbonyl (C=O) groups excluding carboxylic acids is 2. The number of aromatic nitrogens is 3. The fourth-order valence-electron chi connectivity index (χ4n) is 2.58. The summed E-state index contributed by atoms with van der Waals surface area (Å²) in [5.41, 5.74) is 0.303. The maximum absolute atomic E-state index is 12.8. The van der Waals surface area contributed by atoms with Crippen LogP contribution >= 0.6 is 46.7 Å². The molecule has 12 heteroatoms. The van der Waals surface area contributed by atoms with E-state index in [-0.39, 0.29) is 32.9 Å². The summed E-state index contributed by atoms with van der Waals surface area (Å²) in [4.78, 5) is 32.2. The molecule has 0 fully saturated rings. The number of anilines is 1. The van der Waals surface area contributed by atoms with Crippen molar-refractivity contribution in [3.63, 3.8) is 0 Å². The Morgan fingerprint density at radius 1 is 1.39 bits per heavy atom. The average Bonchev–Trinajstić information content (AvgIpc) is 3.20. The number of carbonyl (C=O) groups is 2. The highest BCUT2D eigenvalue weighted by Gasteiger charge is 2.32. The molecule has 0 aliphatic carbocycles. The van der Waals surface area contributed by atoms with Gasteiger partial charge in [-0.2, -0.15) is 21.7 Å². The number of amides is 2. The fraction of sp³-hybridized carbons (Fsp3) is 0.381. The van der Waals surface area contributed by atoms with Crippen LogP contribution in [-0.4, -0.2) is 57.8 Å². The minimum Gasteiger partial charge on any atom is -0.329 e. The predicted octanol–water partition coefficient (Wildman–Crippen LogP) is 4.69. The highest BCUT2D eigenvalue weighted by Crippen LogP contribution is 2.40. The maximum Gasteiger partial charge on any atom is 0.346 e. The van der Waals surface area contributed by atoms with Gasteiger partial charge in [0.05, 0.1) is 26.0 Å². The number of nitriles is 1. The topological polar surface area (TPSA) is 95.1 Å². The van der Waals surface area contributed by atoms with E-state index in [1.165, 1.54) is 38.4 Å². The van der Waals surface area contributed by atoms with Crippen LogP contribution in [0.25, 0.3) is 0 Å². The van der Waals surface area contributed by atoms with Gasteiger partial charge in [-0.1, -0.05) is 35.0 Å². The Hall–Kier alpha value is -2.37. The largest absolute Gasteiger partial charge is 0.346 e. The van der Waals surface area contributed by atoms with E-state index in [2.05, 4.69) is 16.0 Å². The van der Waals surface area contributed by atoms with Gasteiger partial charge in [0.2, 0.25) is 6.41 Å². The molecule has 0 aliphatic heterocycles. The summed E-state index contributed by atoms with van der Waals surface area (Å²) in [6.45, 7) is 3.88. The lowest BCUT2D eigenvalue weighted by Crippen LogP contribution is -2.33. The molecule has 1 aromatic heterocycles. The molecule has 0 saturated carbocycles. The monoisotopic (exact) mass is 524 g/mol. The Labute approximate surface area is 211 Å². The predicted molar refractivity (Wildman–Crippen MR) is 134 cm³/mol. The second-order valence-corrected chi connectivity index (χ2v) is 10.7. The summed E-state index contributed by atoms with van der Waals surface area (Å²) in [5.74, 6) is 2.98. The minimum atomic E-state index is -0.736. The summed E-state index contributed by atoms with van der Waals surface area (Å²) < 4.78 is 0.715. The Bertz CT molecular complexity index is 1140. The number of rotatable bonds is 8. The van der Waals surface area contributed by atoms with E-state index in [1.807, 2.05) is 26.2 Å². The number of hydrogen-bond donors (Lipinski definition) is 0. The van der Waals surface area contributed by atoms with Crippen molar-refractivity contribution in [2.45, 2.75) is 35.5 Å². The van der Waals surface area contributed by atoms with Crippen molar-refractivity contribution in [2.24, 2.45) is 0 Å². The molecule has 0 radical (unpaired) electrons. The van der Waals surface area contributed by atoms with Gasteiger partial charge in [-0.15, -0.1) is 17.4 Å². The van der Waals surface area contributed by atoms with E-state index in [1.54, 1.807) is 14.1 Å². The van der Waals surface area contributed by atoms with Gasteiger partial charge in [0, 0.05) is 20.5 Å². The molecule has 1 unspecified atom stereocenters. The molecule has 1 atom stereocenters. The molecule has 2 rings (SSSR count). The Morgan fingerprint density at radius 3 is 2.58 bits per heavy atom. The van der Waals surface area contributed by atoms with Gasteiger partial charge in [-0.3, -0.25) is 9.69 Å². The highest BCUT2D eigenvalue weighted by molar-refractivity contribution is 8.00. The number of terminal acetylenes is 1. The number of thioether (sulfide) groups is 2. The van der Waals surface area contributed by atoms with Crippen LogP contribution in [0.4, 0.5) is 10.5 Å². The Morgan fingerprint density at radius 2 is 2.06 bits per heavy atom. The quantitative estimate of drug-likeness (QED) is 0.214. The van der Waals surface area contributed by atoms with Crippen molar-refractivity contribution < 1.29 is 9.59 Å². The fourth-order valence-corrected chi connectivity index (χ4v) is 4.51. The van der Waals surface area contributed by atoms with Gasteiger partial charge >= 0.3 is 6.03 Å². The molecule has 0 aliphatic rings. The van der Waals surface area contributed by atoms with E-state index < -0.39 is 16.2 Å². The van der Waals surface area contributed by atoms with Crippen LogP contribution in [0.5, 0.6) is 0 Å². The molecule has 33 heavy (non-hydrogen) atoms. The van der Waals surface area contributed by atoms with Crippen LogP contribution in [-0.2, 0) is 9.54 Å². The zero-order valence-electron chi connectivity index (χ0n) is 18.7. The van der Waals surface area contributed by atoms with Crippen LogP contribution in [0, 0.1) is 23.7 Å². The Kier molecular flexibility index (Phi) is 9.10. The number of hydrogen-bond acceptors (Lipinski definition) is 7. The van der Waals surface area contributed by atoms with Gasteiger partial charge in [0.25, 0.3) is 0 Å². The lowest BCUT2D eigenvalue weighted by atomic mass is 10.2. The molecule has 174 valence electrons. The second kappa shape index (κ2) is 11.2. The summed E-state index contributed by atoms with van der Waals surface area (Å²) in [6.07, 6.45) is 8.11. The zero-order valence-corrected chi connectivity index (χ0v) is 21.8. The van der Waals surface area contributed by atoms with Crippen LogP contribution in [0.1, 0.15) is 31.7 Å². The third-order valence-electron chi connectivity index (χ3n) is 4.59. The standard InChI is InChI=1S/C21H22Cl2N6O2S2/c1-7-8-15(28(12-30)17-14(22)10-9-13(11-24)16(17)23)33-19-25-18(21(2,3)32-6)26-29(19)20(31)27(4)5/h1,9-10,12,15H,8H2,2-6H3. The Balaban J connectivity index is 2.62. The van der Waals surface area contributed by atoms with Crippen LogP contribution in [0.15, 0.2) is 17.3 Å². The molecule has 0 bridgehead atoms. The molecule has 1 heterocycles. The zero-order chi connectivity index (χ0) is 24.9. The number of nitrogens with zero attached hydrogens (tertiary/aromatic N) is 6. The smallest absolute Gasteiger partial charge is 0.329 e. The molecule has 0 saturated heterocycles. The van der Waals surface area contributed by atoms with Crippen molar-refractivity contribution in [1.82, 2.24) is 19.7 Å². The summed E-state index contributed by atoms with van der Waals surface area (Å²) in [5, 5.41) is 13.5. The summed E-state index contributed by atoms with van der Waals surface area (Å²) in [6, 6.07) is 4.50. The van der Waals surface area contributed by atoms with E-state index >= 15 is 0 Å². The molecule has 0 spiro atoms. The van der Waals surface area contributed by atoms with E-state index in [0.29, 0.717) is 12.2 Å². The second-order valence-electron chi connectivity index (χ2n) is 7.38. The number of halogens is 2. The maximum atomic E-state index is 12.8. The summed E-state index contributed by atoms with van der Waals surface area (Å²) in [7, 11) is 3.20. The van der Waals surface area contributed by atoms with Crippen LogP contribution in [0.2, 0.25) is 10.0 Å². The first-order valence-electron chi connectivity index (χ1n) is 9.48.